The van der Waals surface area contributed by atoms with Gasteiger partial charge in [0, 0.05) is 12.6 Å². The molecule has 336 valence electrons. The maximum atomic E-state index is 14.0. The molecule has 0 spiro atoms. The van der Waals surface area contributed by atoms with Gasteiger partial charge in [-0.1, -0.05) is 109 Å². The van der Waals surface area contributed by atoms with Crippen LogP contribution in [-0.2, 0) is 38.3 Å². The molecule has 7 atom stereocenters. The van der Waals surface area contributed by atoms with Crippen LogP contribution in [0.15, 0.2) is 36.5 Å². The van der Waals surface area contributed by atoms with Gasteiger partial charge in [-0.15, -0.1) is 0 Å². The molecule has 1 aromatic rings. The van der Waals surface area contributed by atoms with Crippen molar-refractivity contribution in [1.29, 1.82) is 0 Å². The van der Waals surface area contributed by atoms with Crippen LogP contribution in [0.1, 0.15) is 129 Å². The Bertz CT molecular complexity index is 1580. The monoisotopic (exact) mass is 845 g/mol. The third-order valence-corrected chi connectivity index (χ3v) is 10.2. The maximum Gasteiger partial charge on any atom is 0.307 e. The predicted molar refractivity (Wildman–Crippen MR) is 222 cm³/mol. The first kappa shape index (κ1) is 51.1. The number of hydrogen-bond donors (Lipinski definition) is 10. The van der Waals surface area contributed by atoms with Crippen LogP contribution < -0.4 is 37.6 Å². The lowest BCUT2D eigenvalue weighted by molar-refractivity contribution is -0.153. The molecule has 0 radical (unpaired) electrons. The van der Waals surface area contributed by atoms with Crippen LogP contribution in [0.3, 0.4) is 0 Å². The molecule has 1 aliphatic rings. The molecular formula is C42H67N7O11. The molecule has 0 unspecified atom stereocenters. The molecule has 0 aromatic heterocycles. The molecule has 60 heavy (non-hydrogen) atoms. The molecule has 1 aromatic carbocycles. The van der Waals surface area contributed by atoms with E-state index in [1.807, 2.05) is 0 Å². The van der Waals surface area contributed by atoms with Crippen molar-refractivity contribution in [2.75, 3.05) is 13.1 Å². The number of aliphatic hydroxyl groups is 2. The van der Waals surface area contributed by atoms with Gasteiger partial charge in [-0.3, -0.25) is 33.6 Å². The van der Waals surface area contributed by atoms with E-state index in [1.54, 1.807) is 0 Å². The van der Waals surface area contributed by atoms with Crippen molar-refractivity contribution in [3.63, 3.8) is 0 Å². The topological polar surface area (TPSA) is 288 Å². The molecule has 1 heterocycles. The van der Waals surface area contributed by atoms with Crippen LogP contribution in [0.4, 0.5) is 0 Å². The third kappa shape index (κ3) is 18.9. The van der Waals surface area contributed by atoms with Gasteiger partial charge in [0.2, 0.25) is 23.6 Å². The number of aromatic hydroxyl groups is 1. The SMILES string of the molecule is C=C1NC(=O)[C@H]([C@@H](O)c2ccc(O)cc2)NC(=O)[C@@H](NC(=O)[C@@H](O)[C@@H](N)CCCCCCCCCCCCCCC)[C@@H](C)OC(=O)CCNC(=O)[C@H](C)NC(=O)CNC1=O. The second-order valence-electron chi connectivity index (χ2n) is 15.3. The van der Waals surface area contributed by atoms with E-state index in [4.69, 9.17) is 10.5 Å². The van der Waals surface area contributed by atoms with Crippen LogP contribution in [0, 0.1) is 0 Å². The van der Waals surface area contributed by atoms with Crippen LogP contribution >= 0.6 is 0 Å². The van der Waals surface area contributed by atoms with Crippen molar-refractivity contribution in [2.24, 2.45) is 5.73 Å². The molecule has 1 saturated heterocycles. The number of amides is 6. The third-order valence-electron chi connectivity index (χ3n) is 10.2. The second kappa shape index (κ2) is 27.6. The molecular weight excluding hydrogens is 778 g/mol. The van der Waals surface area contributed by atoms with E-state index >= 15 is 0 Å². The standard InChI is InChI=1S/C42H67N7O11/c1-5-6-7-8-9-10-11-12-13-14-15-16-17-18-31(43)37(54)42(59)48-34-28(4)60-33(52)23-24-44-38(55)26(2)46-32(51)25-45-39(56)27(3)47-41(58)35(49-40(34)57)36(53)29-19-21-30(50)22-20-29/h19-22,26,28,31,34-37,50,53-54H,3,5-18,23-25,43H2,1-2,4H3,(H,44,55)(H,45,56)(H,46,51)(H,47,58)(H,48,59)(H,49,57)/t26-,28+,31-,34-,35-,36-,37-/m0/s1. The van der Waals surface area contributed by atoms with Crippen LogP contribution in [0.5, 0.6) is 5.75 Å². The van der Waals surface area contributed by atoms with Crippen molar-refractivity contribution in [1.82, 2.24) is 31.9 Å². The molecule has 0 aliphatic carbocycles. The summed E-state index contributed by atoms with van der Waals surface area (Å²) in [6.45, 7) is 7.48. The van der Waals surface area contributed by atoms with Gasteiger partial charge in [0.25, 0.3) is 11.8 Å². The lowest BCUT2D eigenvalue weighted by atomic mass is 9.99. The smallest absolute Gasteiger partial charge is 0.307 e. The summed E-state index contributed by atoms with van der Waals surface area (Å²) in [5.41, 5.74) is 5.66. The lowest BCUT2D eigenvalue weighted by Gasteiger charge is -2.30. The first-order chi connectivity index (χ1) is 28.5. The zero-order valence-corrected chi connectivity index (χ0v) is 35.3. The van der Waals surface area contributed by atoms with Crippen LogP contribution in [0.25, 0.3) is 0 Å². The Kier molecular flexibility index (Phi) is 23.5. The zero-order chi connectivity index (χ0) is 44.6. The molecule has 2 rings (SSSR count). The molecule has 0 bridgehead atoms. The highest BCUT2D eigenvalue weighted by Gasteiger charge is 2.38. The Morgan fingerprint density at radius 3 is 1.98 bits per heavy atom. The van der Waals surface area contributed by atoms with E-state index in [0.717, 1.165) is 25.7 Å². The number of cyclic esters (lactones) is 1. The number of ether oxygens (including phenoxy) is 1. The van der Waals surface area contributed by atoms with E-state index in [2.05, 4.69) is 45.4 Å². The van der Waals surface area contributed by atoms with Gasteiger partial charge in [-0.05, 0) is 38.0 Å². The molecule has 6 amide bonds. The molecule has 1 aliphatic heterocycles. The number of phenols is 1. The van der Waals surface area contributed by atoms with E-state index in [1.165, 1.54) is 89.5 Å². The highest BCUT2D eigenvalue weighted by atomic mass is 16.5. The fraction of sp³-hybridized carbons (Fsp3) is 0.643. The van der Waals surface area contributed by atoms with Crippen LogP contribution in [-0.4, -0.2) is 106 Å². The van der Waals surface area contributed by atoms with E-state index < -0.39 is 103 Å². The average Bonchev–Trinajstić information content (AvgIpc) is 3.21. The van der Waals surface area contributed by atoms with Gasteiger partial charge in [-0.2, -0.15) is 0 Å². The Labute approximate surface area is 352 Å². The van der Waals surface area contributed by atoms with E-state index in [-0.39, 0.29) is 17.9 Å². The van der Waals surface area contributed by atoms with Gasteiger partial charge < -0.3 is 57.7 Å². The Morgan fingerprint density at radius 1 is 0.833 bits per heavy atom. The first-order valence-electron chi connectivity index (χ1n) is 21.1. The minimum atomic E-state index is -1.90. The van der Waals surface area contributed by atoms with Gasteiger partial charge in [0.1, 0.15) is 42.2 Å². The fourth-order valence-corrected chi connectivity index (χ4v) is 6.46. The Morgan fingerprint density at radius 2 is 1.40 bits per heavy atom. The van der Waals surface area contributed by atoms with Gasteiger partial charge in [0.15, 0.2) is 0 Å². The number of nitrogens with one attached hydrogen (secondary N) is 6. The number of esters is 1. The average molecular weight is 846 g/mol. The molecule has 18 heteroatoms. The van der Waals surface area contributed by atoms with Gasteiger partial charge in [0.05, 0.1) is 18.7 Å². The number of hydrogen-bond acceptors (Lipinski definition) is 12. The highest BCUT2D eigenvalue weighted by Crippen LogP contribution is 2.21. The number of unbranched alkanes of at least 4 members (excludes halogenated alkanes) is 12. The summed E-state index contributed by atoms with van der Waals surface area (Å²) in [6, 6.07) is -0.773. The Balaban J connectivity index is 2.20. The summed E-state index contributed by atoms with van der Waals surface area (Å²) in [4.78, 5) is 91.5. The first-order valence-corrected chi connectivity index (χ1v) is 21.1. The number of benzene rings is 1. The molecule has 18 nitrogen and oxygen atoms in total. The quantitative estimate of drug-likeness (QED) is 0.0536. The van der Waals surface area contributed by atoms with E-state index in [0.29, 0.717) is 12.8 Å². The fourth-order valence-electron chi connectivity index (χ4n) is 6.46. The summed E-state index contributed by atoms with van der Waals surface area (Å²) < 4.78 is 5.43. The number of aliphatic hydroxyl groups excluding tert-OH is 2. The minimum Gasteiger partial charge on any atom is -0.508 e. The number of rotatable bonds is 19. The summed E-state index contributed by atoms with van der Waals surface area (Å²) in [7, 11) is 0. The number of carbonyl (C=O) groups excluding carboxylic acids is 7. The Hall–Kier alpha value is -5.07. The highest BCUT2D eigenvalue weighted by molar-refractivity contribution is 6.01. The number of phenolic OH excluding ortho intramolecular Hbond substituents is 1. The summed E-state index contributed by atoms with van der Waals surface area (Å²) in [6.07, 6.45) is 9.68. The van der Waals surface area contributed by atoms with Crippen molar-refractivity contribution >= 4 is 41.4 Å². The van der Waals surface area contributed by atoms with Crippen LogP contribution in [0.2, 0.25) is 0 Å². The van der Waals surface area contributed by atoms with E-state index in [9.17, 15) is 48.9 Å². The van der Waals surface area contributed by atoms with Crippen molar-refractivity contribution in [3.8, 4) is 5.75 Å². The molecule has 1 fully saturated rings. The number of nitrogens with two attached hydrogens (primary N) is 1. The van der Waals surface area contributed by atoms with Crippen molar-refractivity contribution in [3.05, 3.63) is 42.1 Å². The summed E-state index contributed by atoms with van der Waals surface area (Å²) in [5, 5.41) is 45.9. The largest absolute Gasteiger partial charge is 0.508 e. The summed E-state index contributed by atoms with van der Waals surface area (Å²) >= 11 is 0. The minimum absolute atomic E-state index is 0.0419. The lowest BCUT2D eigenvalue weighted by Crippen LogP contribution is -2.61. The van der Waals surface area contributed by atoms with Gasteiger partial charge in [-0.25, -0.2) is 0 Å². The maximum absolute atomic E-state index is 14.0. The molecule has 0 saturated carbocycles. The zero-order valence-electron chi connectivity index (χ0n) is 35.3. The van der Waals surface area contributed by atoms with Crippen molar-refractivity contribution < 1.29 is 53.6 Å². The second-order valence-corrected chi connectivity index (χ2v) is 15.3. The van der Waals surface area contributed by atoms with Gasteiger partial charge >= 0.3 is 5.97 Å². The summed E-state index contributed by atoms with van der Waals surface area (Å²) in [5.74, 6) is -6.88. The normalized spacial score (nSPS) is 21.9. The molecule has 11 N–H and O–H groups in total. The van der Waals surface area contributed by atoms with Crippen molar-refractivity contribution in [2.45, 2.75) is 160 Å². The number of carbonyl (C=O) groups is 7. The predicted octanol–water partition coefficient (Wildman–Crippen LogP) is 1.27.